The monoisotopic (exact) mass is 306 g/mol. The normalized spacial score (nSPS) is 18.1. The molecule has 1 saturated heterocycles. The van der Waals surface area contributed by atoms with Crippen molar-refractivity contribution < 1.29 is 19.4 Å². The average Bonchev–Trinajstić information content (AvgIpc) is 2.54. The van der Waals surface area contributed by atoms with Crippen LogP contribution in [0.25, 0.3) is 0 Å². The molecule has 122 valence electrons. The van der Waals surface area contributed by atoms with Crippen LogP contribution in [-0.2, 0) is 11.2 Å². The smallest absolute Gasteiger partial charge is 0.199 e. The Kier molecular flexibility index (Phi) is 6.72. The van der Waals surface area contributed by atoms with Crippen molar-refractivity contribution in [1.82, 2.24) is 0 Å². The molecule has 0 spiro atoms. The highest BCUT2D eigenvalue weighted by molar-refractivity contribution is 5.80. The second-order valence-electron chi connectivity index (χ2n) is 5.86. The fourth-order valence-corrected chi connectivity index (χ4v) is 2.72. The summed E-state index contributed by atoms with van der Waals surface area (Å²) in [6.45, 7) is 2.90. The number of phenolic OH excluding ortho intramolecular Hbond substituents is 1. The summed E-state index contributed by atoms with van der Waals surface area (Å²) in [6.07, 6.45) is 8.93. The summed E-state index contributed by atoms with van der Waals surface area (Å²) in [4.78, 5) is 11.0. The minimum Gasteiger partial charge on any atom is -0.507 e. The van der Waals surface area contributed by atoms with Crippen LogP contribution in [0.5, 0.6) is 11.5 Å². The van der Waals surface area contributed by atoms with Crippen molar-refractivity contribution in [3.8, 4) is 11.5 Å². The lowest BCUT2D eigenvalue weighted by atomic mass is 10.0. The van der Waals surface area contributed by atoms with Crippen molar-refractivity contribution >= 4 is 6.29 Å². The second kappa shape index (κ2) is 8.79. The zero-order valence-electron chi connectivity index (χ0n) is 13.3. The molecule has 1 heterocycles. The number of carbonyl (C=O) groups is 1. The summed E-state index contributed by atoms with van der Waals surface area (Å²) in [5.74, 6) is 0.615. The van der Waals surface area contributed by atoms with E-state index in [-0.39, 0.29) is 12.0 Å². The number of aryl methyl sites for hydroxylation is 1. The Hall–Kier alpha value is -1.55. The van der Waals surface area contributed by atoms with Crippen molar-refractivity contribution in [3.63, 3.8) is 0 Å². The van der Waals surface area contributed by atoms with Crippen LogP contribution >= 0.6 is 0 Å². The van der Waals surface area contributed by atoms with Gasteiger partial charge in [0, 0.05) is 12.5 Å². The van der Waals surface area contributed by atoms with Crippen molar-refractivity contribution in [2.45, 2.75) is 64.6 Å². The predicted octanol–water partition coefficient (Wildman–Crippen LogP) is 4.23. The molecule has 1 aromatic rings. The van der Waals surface area contributed by atoms with Gasteiger partial charge in [-0.1, -0.05) is 26.2 Å². The lowest BCUT2D eigenvalue weighted by Crippen LogP contribution is -2.25. The summed E-state index contributed by atoms with van der Waals surface area (Å²) in [5.41, 5.74) is 1.30. The van der Waals surface area contributed by atoms with Gasteiger partial charge in [-0.2, -0.15) is 0 Å². The molecule has 0 saturated carbocycles. The number of unbranched alkanes of at least 4 members (excludes halogenated alkanes) is 3. The van der Waals surface area contributed by atoms with Crippen LogP contribution in [0.2, 0.25) is 0 Å². The van der Waals surface area contributed by atoms with E-state index in [1.165, 1.54) is 12.8 Å². The van der Waals surface area contributed by atoms with E-state index in [1.807, 2.05) is 0 Å². The first-order valence-corrected chi connectivity index (χ1v) is 8.34. The van der Waals surface area contributed by atoms with E-state index in [1.54, 1.807) is 12.1 Å². The molecule has 1 aliphatic heterocycles. The summed E-state index contributed by atoms with van der Waals surface area (Å²) < 4.78 is 11.5. The molecular formula is C18H26O4. The Labute approximate surface area is 132 Å². The molecule has 1 aromatic carbocycles. The summed E-state index contributed by atoms with van der Waals surface area (Å²) in [5, 5.41) is 9.90. The van der Waals surface area contributed by atoms with Crippen LogP contribution in [0, 0.1) is 0 Å². The maximum atomic E-state index is 11.0. The Morgan fingerprint density at radius 2 is 2.18 bits per heavy atom. The van der Waals surface area contributed by atoms with Crippen molar-refractivity contribution in [2.75, 3.05) is 6.61 Å². The maximum Gasteiger partial charge on any atom is 0.199 e. The third-order valence-electron chi connectivity index (χ3n) is 4.03. The van der Waals surface area contributed by atoms with Crippen LogP contribution < -0.4 is 4.74 Å². The fourth-order valence-electron chi connectivity index (χ4n) is 2.72. The van der Waals surface area contributed by atoms with E-state index < -0.39 is 0 Å². The van der Waals surface area contributed by atoms with Crippen LogP contribution in [0.15, 0.2) is 12.1 Å². The molecule has 0 radical (unpaired) electrons. The van der Waals surface area contributed by atoms with Crippen LogP contribution in [-0.4, -0.2) is 24.3 Å². The molecule has 1 N–H and O–H groups in total. The Morgan fingerprint density at radius 3 is 2.86 bits per heavy atom. The van der Waals surface area contributed by atoms with E-state index in [0.29, 0.717) is 17.6 Å². The molecular weight excluding hydrogens is 280 g/mol. The third kappa shape index (κ3) is 4.73. The quantitative estimate of drug-likeness (QED) is 0.577. The van der Waals surface area contributed by atoms with Crippen LogP contribution in [0.4, 0.5) is 0 Å². The first-order valence-electron chi connectivity index (χ1n) is 8.34. The molecule has 0 aromatic heterocycles. The first kappa shape index (κ1) is 16.8. The van der Waals surface area contributed by atoms with E-state index >= 15 is 0 Å². The van der Waals surface area contributed by atoms with E-state index in [0.717, 1.165) is 50.7 Å². The number of rotatable bonds is 8. The zero-order valence-corrected chi connectivity index (χ0v) is 13.3. The SMILES string of the molecule is CCCCCCc1cc(C=O)c(O)cc1OC1CCCCO1. The molecule has 1 fully saturated rings. The lowest BCUT2D eigenvalue weighted by molar-refractivity contribution is -0.106. The summed E-state index contributed by atoms with van der Waals surface area (Å²) in [6, 6.07) is 3.29. The van der Waals surface area contributed by atoms with E-state index in [2.05, 4.69) is 6.92 Å². The minimum atomic E-state index is -0.246. The fraction of sp³-hybridized carbons (Fsp3) is 0.611. The van der Waals surface area contributed by atoms with Crippen molar-refractivity contribution in [1.29, 1.82) is 0 Å². The number of aldehydes is 1. The Balaban J connectivity index is 2.09. The number of hydrogen-bond donors (Lipinski definition) is 1. The molecule has 0 bridgehead atoms. The molecule has 2 rings (SSSR count). The summed E-state index contributed by atoms with van der Waals surface area (Å²) >= 11 is 0. The lowest BCUT2D eigenvalue weighted by Gasteiger charge is -2.25. The number of benzene rings is 1. The maximum absolute atomic E-state index is 11.0. The molecule has 1 atom stereocenters. The largest absolute Gasteiger partial charge is 0.507 e. The summed E-state index contributed by atoms with van der Waals surface area (Å²) in [7, 11) is 0. The van der Waals surface area contributed by atoms with Gasteiger partial charge in [0.2, 0.25) is 0 Å². The van der Waals surface area contributed by atoms with Gasteiger partial charge in [0.25, 0.3) is 0 Å². The van der Waals surface area contributed by atoms with Gasteiger partial charge in [0.05, 0.1) is 12.2 Å². The number of phenols is 1. The first-order chi connectivity index (χ1) is 10.7. The highest BCUT2D eigenvalue weighted by atomic mass is 16.7. The molecule has 22 heavy (non-hydrogen) atoms. The highest BCUT2D eigenvalue weighted by Crippen LogP contribution is 2.31. The van der Waals surface area contributed by atoms with Gasteiger partial charge >= 0.3 is 0 Å². The van der Waals surface area contributed by atoms with Gasteiger partial charge in [-0.05, 0) is 37.3 Å². The number of hydrogen-bond acceptors (Lipinski definition) is 4. The van der Waals surface area contributed by atoms with Gasteiger partial charge in [-0.15, -0.1) is 0 Å². The number of carbonyl (C=O) groups excluding carboxylic acids is 1. The molecule has 0 amide bonds. The third-order valence-corrected chi connectivity index (χ3v) is 4.03. The highest BCUT2D eigenvalue weighted by Gasteiger charge is 2.18. The molecule has 4 heteroatoms. The zero-order chi connectivity index (χ0) is 15.8. The number of ether oxygens (including phenoxy) is 2. The molecule has 0 aliphatic carbocycles. The minimum absolute atomic E-state index is 0.0295. The molecule has 1 unspecified atom stereocenters. The number of aromatic hydroxyl groups is 1. The Bertz CT molecular complexity index is 478. The van der Waals surface area contributed by atoms with Gasteiger partial charge in [-0.25, -0.2) is 0 Å². The van der Waals surface area contributed by atoms with Gasteiger partial charge in [0.15, 0.2) is 12.6 Å². The average molecular weight is 306 g/mol. The van der Waals surface area contributed by atoms with Crippen LogP contribution in [0.3, 0.4) is 0 Å². The van der Waals surface area contributed by atoms with Crippen molar-refractivity contribution in [3.05, 3.63) is 23.3 Å². The Morgan fingerprint density at radius 1 is 1.32 bits per heavy atom. The van der Waals surface area contributed by atoms with E-state index in [4.69, 9.17) is 9.47 Å². The van der Waals surface area contributed by atoms with Crippen molar-refractivity contribution in [2.24, 2.45) is 0 Å². The molecule has 1 aliphatic rings. The topological polar surface area (TPSA) is 55.8 Å². The van der Waals surface area contributed by atoms with Gasteiger partial charge in [0.1, 0.15) is 11.5 Å². The standard InChI is InChI=1S/C18H26O4/c1-2-3-4-5-8-14-11-15(13-19)16(20)12-17(14)22-18-9-6-7-10-21-18/h11-13,18,20H,2-10H2,1H3. The van der Waals surface area contributed by atoms with Gasteiger partial charge < -0.3 is 14.6 Å². The van der Waals surface area contributed by atoms with Gasteiger partial charge in [-0.3, -0.25) is 4.79 Å². The van der Waals surface area contributed by atoms with E-state index in [9.17, 15) is 9.90 Å². The van der Waals surface area contributed by atoms with Crippen LogP contribution in [0.1, 0.15) is 67.8 Å². The second-order valence-corrected chi connectivity index (χ2v) is 5.86. The molecule has 4 nitrogen and oxygen atoms in total. The predicted molar refractivity (Wildman–Crippen MR) is 85.6 cm³/mol.